The average Bonchev–Trinajstić information content (AvgIpc) is 3.19. The Bertz CT molecular complexity index is 1420. The molecule has 3 N–H and O–H groups in total. The first kappa shape index (κ1) is 30.1. The molecule has 1 aliphatic heterocycles. The van der Waals surface area contributed by atoms with Gasteiger partial charge in [-0.25, -0.2) is 0 Å². The maximum Gasteiger partial charge on any atom is 0.310 e. The largest absolute Gasteiger partial charge is 0.461 e. The molecule has 0 aliphatic carbocycles. The van der Waals surface area contributed by atoms with Gasteiger partial charge in [0, 0.05) is 30.8 Å². The van der Waals surface area contributed by atoms with E-state index in [1.165, 1.54) is 0 Å². The lowest BCUT2D eigenvalue weighted by Crippen LogP contribution is -2.35. The van der Waals surface area contributed by atoms with Gasteiger partial charge >= 0.3 is 5.97 Å². The minimum Gasteiger partial charge on any atom is -0.461 e. The lowest BCUT2D eigenvalue weighted by Gasteiger charge is -2.23. The number of carbonyl (C=O) groups is 2. The van der Waals surface area contributed by atoms with E-state index in [9.17, 15) is 14.5 Å². The van der Waals surface area contributed by atoms with Gasteiger partial charge in [-0.3, -0.25) is 9.59 Å². The second-order valence-corrected chi connectivity index (χ2v) is 10.1. The summed E-state index contributed by atoms with van der Waals surface area (Å²) in [5, 5.41) is 13.9. The third-order valence-electron chi connectivity index (χ3n) is 6.94. The molecule has 1 aliphatic rings. The van der Waals surface area contributed by atoms with Crippen LogP contribution in [0, 0.1) is 4.91 Å². The second kappa shape index (κ2) is 15.2. The number of nitroso groups, excluding NO2 is 1. The predicted molar refractivity (Wildman–Crippen MR) is 163 cm³/mol. The maximum absolute atomic E-state index is 13.5. The molecule has 1 atom stereocenters. The number of ether oxygens (including phenoxy) is 1. The van der Waals surface area contributed by atoms with Crippen molar-refractivity contribution in [1.29, 1.82) is 0 Å². The number of anilines is 1. The van der Waals surface area contributed by atoms with Crippen LogP contribution in [-0.2, 0) is 27.4 Å². The lowest BCUT2D eigenvalue weighted by atomic mass is 9.99. The highest BCUT2D eigenvalue weighted by molar-refractivity contribution is 5.99. The van der Waals surface area contributed by atoms with Gasteiger partial charge in [-0.1, -0.05) is 84.1 Å². The fourth-order valence-corrected chi connectivity index (χ4v) is 4.86. The smallest absolute Gasteiger partial charge is 0.310 e. The van der Waals surface area contributed by atoms with Crippen molar-refractivity contribution in [2.75, 3.05) is 25.0 Å². The molecule has 1 amide bonds. The van der Waals surface area contributed by atoms with Crippen molar-refractivity contribution < 1.29 is 14.3 Å². The molecule has 3 aromatic carbocycles. The van der Waals surface area contributed by atoms with Crippen LogP contribution in [0.5, 0.6) is 0 Å². The highest BCUT2D eigenvalue weighted by Gasteiger charge is 2.25. The minimum absolute atomic E-state index is 0.100. The van der Waals surface area contributed by atoms with Gasteiger partial charge in [-0.05, 0) is 52.8 Å². The van der Waals surface area contributed by atoms with Crippen LogP contribution >= 0.6 is 0 Å². The first-order valence-corrected chi connectivity index (χ1v) is 14.1. The molecular formula is C32H36N6O4. The van der Waals surface area contributed by atoms with Gasteiger partial charge in [0.25, 0.3) is 0 Å². The number of hydrogen-bond donors (Lipinski definition) is 2. The van der Waals surface area contributed by atoms with Crippen molar-refractivity contribution in [2.45, 2.75) is 45.4 Å². The SMILES string of the molecule is CCCN(CCCN=O)C(=O)C1=Cc2ccc(-c3ccc(CC(=O)OCc4ccccc4)cc3)cc2NC(N=NN)C1. The Kier molecular flexibility index (Phi) is 10.9. The van der Waals surface area contributed by atoms with Crippen LogP contribution in [0.25, 0.3) is 17.2 Å². The van der Waals surface area contributed by atoms with Crippen LogP contribution in [0.15, 0.2) is 93.9 Å². The van der Waals surface area contributed by atoms with E-state index >= 15 is 0 Å². The Hall–Kier alpha value is -4.86. The van der Waals surface area contributed by atoms with Crippen LogP contribution in [0.2, 0.25) is 0 Å². The molecule has 42 heavy (non-hydrogen) atoms. The Morgan fingerprint density at radius 1 is 1.00 bits per heavy atom. The van der Waals surface area contributed by atoms with E-state index in [-0.39, 0.29) is 31.4 Å². The van der Waals surface area contributed by atoms with Crippen molar-refractivity contribution >= 4 is 23.6 Å². The van der Waals surface area contributed by atoms with Gasteiger partial charge in [0.05, 0.1) is 13.0 Å². The number of nitrogens with two attached hydrogens (primary N) is 1. The molecule has 0 saturated heterocycles. The van der Waals surface area contributed by atoms with Crippen molar-refractivity contribution in [3.8, 4) is 11.1 Å². The van der Waals surface area contributed by atoms with E-state index in [0.29, 0.717) is 31.5 Å². The monoisotopic (exact) mass is 568 g/mol. The summed E-state index contributed by atoms with van der Waals surface area (Å²) in [5.41, 5.74) is 5.97. The summed E-state index contributed by atoms with van der Waals surface area (Å²) in [6, 6.07) is 23.3. The number of carbonyl (C=O) groups excluding carboxylic acids is 2. The Labute approximate surface area is 245 Å². The zero-order valence-corrected chi connectivity index (χ0v) is 23.7. The topological polar surface area (TPSA) is 139 Å². The molecule has 0 bridgehead atoms. The summed E-state index contributed by atoms with van der Waals surface area (Å²) in [6.45, 7) is 3.47. The van der Waals surface area contributed by atoms with Crippen LogP contribution in [-0.4, -0.2) is 42.6 Å². The second-order valence-electron chi connectivity index (χ2n) is 10.1. The van der Waals surface area contributed by atoms with Crippen molar-refractivity contribution in [2.24, 2.45) is 21.4 Å². The van der Waals surface area contributed by atoms with Crippen LogP contribution in [0.1, 0.15) is 42.9 Å². The van der Waals surface area contributed by atoms with Crippen LogP contribution < -0.4 is 11.2 Å². The molecule has 218 valence electrons. The Balaban J connectivity index is 1.49. The number of fused-ring (bicyclic) bond motifs is 1. The number of esters is 1. The molecule has 4 rings (SSSR count). The standard InChI is InChI=1S/C32H36N6O4/c1-2-16-38(17-6-15-34-41)32(40)28-19-27-14-13-26(20-29(27)35-30(21-28)36-37-33)25-11-9-23(10-12-25)18-31(39)42-22-24-7-4-3-5-8-24/h3-5,7-14,19-20,30,35H,2,6,15-18,21-22H2,1H3,(H2,33,36). The van der Waals surface area contributed by atoms with E-state index in [1.807, 2.05) is 85.8 Å². The van der Waals surface area contributed by atoms with Gasteiger partial charge in [-0.2, -0.15) is 4.91 Å². The summed E-state index contributed by atoms with van der Waals surface area (Å²) in [6.07, 6.45) is 3.17. The molecule has 10 nitrogen and oxygen atoms in total. The maximum atomic E-state index is 13.5. The van der Waals surface area contributed by atoms with Crippen LogP contribution in [0.4, 0.5) is 5.69 Å². The lowest BCUT2D eigenvalue weighted by molar-refractivity contribution is -0.144. The first-order chi connectivity index (χ1) is 20.5. The minimum atomic E-state index is -0.522. The van der Waals surface area contributed by atoms with Gasteiger partial charge in [0.15, 0.2) is 0 Å². The Morgan fingerprint density at radius 3 is 2.48 bits per heavy atom. The number of nitrogens with one attached hydrogen (secondary N) is 1. The zero-order valence-electron chi connectivity index (χ0n) is 23.7. The molecule has 0 fully saturated rings. The summed E-state index contributed by atoms with van der Waals surface area (Å²) in [5.74, 6) is 5.01. The summed E-state index contributed by atoms with van der Waals surface area (Å²) in [7, 11) is 0. The molecule has 0 aromatic heterocycles. The van der Waals surface area contributed by atoms with Crippen LogP contribution in [0.3, 0.4) is 0 Å². The van der Waals surface area contributed by atoms with Crippen molar-refractivity contribution in [1.82, 2.24) is 4.90 Å². The zero-order chi connectivity index (χ0) is 29.7. The number of amides is 1. The van der Waals surface area contributed by atoms with Crippen molar-refractivity contribution in [3.63, 3.8) is 0 Å². The number of hydrogen-bond acceptors (Lipinski definition) is 8. The third-order valence-corrected chi connectivity index (χ3v) is 6.94. The Morgan fingerprint density at radius 2 is 1.76 bits per heavy atom. The van der Waals surface area contributed by atoms with Gasteiger partial charge in [-0.15, -0.1) is 5.11 Å². The molecule has 0 radical (unpaired) electrons. The van der Waals surface area contributed by atoms with E-state index in [1.54, 1.807) is 4.90 Å². The number of benzene rings is 3. The van der Waals surface area contributed by atoms with E-state index in [2.05, 4.69) is 20.8 Å². The van der Waals surface area contributed by atoms with Crippen molar-refractivity contribution in [3.05, 3.63) is 100.0 Å². The average molecular weight is 569 g/mol. The number of rotatable bonds is 13. The summed E-state index contributed by atoms with van der Waals surface area (Å²) < 4.78 is 5.41. The normalized spacial score (nSPS) is 14.3. The molecule has 0 saturated carbocycles. The first-order valence-electron chi connectivity index (χ1n) is 14.1. The van der Waals surface area contributed by atoms with Gasteiger partial charge in [0.2, 0.25) is 5.91 Å². The highest BCUT2D eigenvalue weighted by Crippen LogP contribution is 2.32. The molecule has 1 heterocycles. The predicted octanol–water partition coefficient (Wildman–Crippen LogP) is 5.89. The molecule has 0 spiro atoms. The summed E-state index contributed by atoms with van der Waals surface area (Å²) in [4.78, 5) is 38.1. The number of nitrogens with zero attached hydrogens (tertiary/aromatic N) is 4. The third kappa shape index (κ3) is 8.33. The highest BCUT2D eigenvalue weighted by atomic mass is 16.5. The van der Waals surface area contributed by atoms with Gasteiger partial charge in [0.1, 0.15) is 12.8 Å². The fourth-order valence-electron chi connectivity index (χ4n) is 4.86. The summed E-state index contributed by atoms with van der Waals surface area (Å²) >= 11 is 0. The van der Waals surface area contributed by atoms with E-state index in [0.717, 1.165) is 39.9 Å². The van der Waals surface area contributed by atoms with E-state index in [4.69, 9.17) is 10.6 Å². The van der Waals surface area contributed by atoms with E-state index < -0.39 is 6.17 Å². The molecule has 1 unspecified atom stereocenters. The molecule has 10 heteroatoms. The molecule has 3 aromatic rings. The molecular weight excluding hydrogens is 532 g/mol. The fraction of sp³-hybridized carbons (Fsp3) is 0.312. The quantitative estimate of drug-likeness (QED) is 0.0659. The van der Waals surface area contributed by atoms with Gasteiger partial charge < -0.3 is 20.8 Å².